The van der Waals surface area contributed by atoms with E-state index in [1.165, 1.54) is 0 Å². The monoisotopic (exact) mass is 283 g/mol. The summed E-state index contributed by atoms with van der Waals surface area (Å²) < 4.78 is 1.74. The number of piperazine rings is 1. The molecule has 0 radical (unpaired) electrons. The van der Waals surface area contributed by atoms with Gasteiger partial charge in [0.15, 0.2) is 5.82 Å². The standard InChI is InChI=1S/C14H17N7/c1-19-6-8-20(9-7-19)11-14-16-17-18-21(14)13-4-2-12(10-15)3-5-13/h2-5H,6-9,11H2,1H3. The van der Waals surface area contributed by atoms with Crippen LogP contribution in [0.3, 0.4) is 0 Å². The summed E-state index contributed by atoms with van der Waals surface area (Å²) in [6, 6.07) is 9.39. The Hall–Kier alpha value is -2.30. The SMILES string of the molecule is CN1CCN(Cc2nnnn2-c2ccc(C#N)cc2)CC1. The molecule has 21 heavy (non-hydrogen) atoms. The maximum Gasteiger partial charge on any atom is 0.170 e. The third kappa shape index (κ3) is 3.07. The Labute approximate surface area is 123 Å². The summed E-state index contributed by atoms with van der Waals surface area (Å²) >= 11 is 0. The van der Waals surface area contributed by atoms with Crippen molar-refractivity contribution in [1.29, 1.82) is 5.26 Å². The van der Waals surface area contributed by atoms with Gasteiger partial charge in [0.05, 0.1) is 23.9 Å². The molecule has 108 valence electrons. The molecular weight excluding hydrogens is 266 g/mol. The first-order chi connectivity index (χ1) is 10.3. The average Bonchev–Trinajstić information content (AvgIpc) is 2.98. The highest BCUT2D eigenvalue weighted by atomic mass is 15.5. The third-order valence-electron chi connectivity index (χ3n) is 3.74. The van der Waals surface area contributed by atoms with Gasteiger partial charge in [0.25, 0.3) is 0 Å². The van der Waals surface area contributed by atoms with E-state index in [0.717, 1.165) is 44.2 Å². The lowest BCUT2D eigenvalue weighted by Gasteiger charge is -2.31. The van der Waals surface area contributed by atoms with E-state index < -0.39 is 0 Å². The first-order valence-electron chi connectivity index (χ1n) is 6.95. The smallest absolute Gasteiger partial charge is 0.170 e. The predicted molar refractivity (Wildman–Crippen MR) is 76.6 cm³/mol. The van der Waals surface area contributed by atoms with Crippen LogP contribution >= 0.6 is 0 Å². The van der Waals surface area contributed by atoms with E-state index >= 15 is 0 Å². The van der Waals surface area contributed by atoms with Gasteiger partial charge < -0.3 is 4.90 Å². The molecule has 0 bridgehead atoms. The quantitative estimate of drug-likeness (QED) is 0.805. The number of nitrogens with zero attached hydrogens (tertiary/aromatic N) is 7. The molecule has 1 aliphatic rings. The number of benzene rings is 1. The zero-order valence-electron chi connectivity index (χ0n) is 12.0. The molecule has 0 saturated carbocycles. The van der Waals surface area contributed by atoms with Crippen LogP contribution in [-0.4, -0.2) is 63.2 Å². The van der Waals surface area contributed by atoms with Gasteiger partial charge in [0, 0.05) is 26.2 Å². The summed E-state index contributed by atoms with van der Waals surface area (Å²) in [5, 5.41) is 20.8. The topological polar surface area (TPSA) is 73.9 Å². The number of likely N-dealkylation sites (N-methyl/N-ethyl adjacent to an activating group) is 1. The Morgan fingerprint density at radius 2 is 1.86 bits per heavy atom. The Balaban J connectivity index is 1.75. The van der Waals surface area contributed by atoms with Crippen LogP contribution in [0.25, 0.3) is 5.69 Å². The zero-order valence-corrected chi connectivity index (χ0v) is 12.0. The van der Waals surface area contributed by atoms with Crippen LogP contribution in [0.5, 0.6) is 0 Å². The van der Waals surface area contributed by atoms with Gasteiger partial charge in [0.1, 0.15) is 0 Å². The molecule has 0 atom stereocenters. The number of hydrogen-bond donors (Lipinski definition) is 0. The number of tetrazole rings is 1. The van der Waals surface area contributed by atoms with Crippen molar-refractivity contribution in [2.75, 3.05) is 33.2 Å². The summed E-state index contributed by atoms with van der Waals surface area (Å²) in [5.41, 5.74) is 1.51. The van der Waals surface area contributed by atoms with Crippen molar-refractivity contribution in [2.45, 2.75) is 6.54 Å². The Bertz CT molecular complexity index is 632. The van der Waals surface area contributed by atoms with Crippen molar-refractivity contribution in [1.82, 2.24) is 30.0 Å². The molecule has 0 N–H and O–H groups in total. The molecule has 1 fully saturated rings. The van der Waals surface area contributed by atoms with Crippen LogP contribution in [0, 0.1) is 11.3 Å². The van der Waals surface area contributed by atoms with Crippen LogP contribution < -0.4 is 0 Å². The summed E-state index contributed by atoms with van der Waals surface area (Å²) in [4.78, 5) is 4.67. The molecular formula is C14H17N7. The van der Waals surface area contributed by atoms with Crippen molar-refractivity contribution in [3.8, 4) is 11.8 Å². The van der Waals surface area contributed by atoms with Gasteiger partial charge in [0.2, 0.25) is 0 Å². The van der Waals surface area contributed by atoms with Gasteiger partial charge in [-0.25, -0.2) is 0 Å². The zero-order chi connectivity index (χ0) is 14.7. The summed E-state index contributed by atoms with van der Waals surface area (Å²) in [6.07, 6.45) is 0. The van der Waals surface area contributed by atoms with Crippen LogP contribution in [0.15, 0.2) is 24.3 Å². The van der Waals surface area contributed by atoms with Crippen molar-refractivity contribution >= 4 is 0 Å². The second kappa shape index (κ2) is 5.99. The maximum atomic E-state index is 8.84. The van der Waals surface area contributed by atoms with Crippen LogP contribution in [0.2, 0.25) is 0 Å². The maximum absolute atomic E-state index is 8.84. The van der Waals surface area contributed by atoms with Crippen molar-refractivity contribution < 1.29 is 0 Å². The van der Waals surface area contributed by atoms with E-state index in [9.17, 15) is 0 Å². The highest BCUT2D eigenvalue weighted by molar-refractivity contribution is 5.38. The molecule has 3 rings (SSSR count). The fraction of sp³-hybridized carbons (Fsp3) is 0.429. The number of aromatic nitrogens is 4. The van der Waals surface area contributed by atoms with Gasteiger partial charge in [-0.3, -0.25) is 4.90 Å². The normalized spacial score (nSPS) is 16.8. The molecule has 1 saturated heterocycles. The average molecular weight is 283 g/mol. The first kappa shape index (κ1) is 13.7. The fourth-order valence-corrected chi connectivity index (χ4v) is 2.39. The molecule has 2 heterocycles. The van der Waals surface area contributed by atoms with E-state index in [-0.39, 0.29) is 0 Å². The first-order valence-corrected chi connectivity index (χ1v) is 6.95. The molecule has 7 nitrogen and oxygen atoms in total. The molecule has 0 unspecified atom stereocenters. The molecule has 1 aliphatic heterocycles. The Kier molecular flexibility index (Phi) is 3.90. The van der Waals surface area contributed by atoms with Gasteiger partial charge in [-0.05, 0) is 41.7 Å². The number of rotatable bonds is 3. The number of hydrogen-bond acceptors (Lipinski definition) is 6. The third-order valence-corrected chi connectivity index (χ3v) is 3.74. The summed E-state index contributed by atoms with van der Waals surface area (Å²) in [7, 11) is 2.14. The fourth-order valence-electron chi connectivity index (χ4n) is 2.39. The Morgan fingerprint density at radius 3 is 2.52 bits per heavy atom. The largest absolute Gasteiger partial charge is 0.304 e. The van der Waals surface area contributed by atoms with Crippen LogP contribution in [0.1, 0.15) is 11.4 Å². The molecule has 0 amide bonds. The predicted octanol–water partition coefficient (Wildman–Crippen LogP) is 0.281. The molecule has 0 spiro atoms. The van der Waals surface area contributed by atoms with E-state index in [0.29, 0.717) is 5.56 Å². The summed E-state index contributed by atoms with van der Waals surface area (Å²) in [5.74, 6) is 0.823. The molecule has 0 aliphatic carbocycles. The second-order valence-corrected chi connectivity index (χ2v) is 5.25. The minimum Gasteiger partial charge on any atom is -0.304 e. The van der Waals surface area contributed by atoms with Crippen molar-refractivity contribution in [3.05, 3.63) is 35.7 Å². The van der Waals surface area contributed by atoms with Crippen molar-refractivity contribution in [2.24, 2.45) is 0 Å². The number of nitriles is 1. The van der Waals surface area contributed by atoms with Gasteiger partial charge >= 0.3 is 0 Å². The lowest BCUT2D eigenvalue weighted by molar-refractivity contribution is 0.144. The molecule has 1 aromatic carbocycles. The Morgan fingerprint density at radius 1 is 1.14 bits per heavy atom. The van der Waals surface area contributed by atoms with Gasteiger partial charge in [-0.1, -0.05) is 0 Å². The lowest BCUT2D eigenvalue weighted by atomic mass is 10.2. The highest BCUT2D eigenvalue weighted by Gasteiger charge is 2.17. The minimum atomic E-state index is 0.632. The van der Waals surface area contributed by atoms with Crippen LogP contribution in [0.4, 0.5) is 0 Å². The lowest BCUT2D eigenvalue weighted by Crippen LogP contribution is -2.44. The molecule has 2 aromatic rings. The molecule has 7 heteroatoms. The van der Waals surface area contributed by atoms with Crippen molar-refractivity contribution in [3.63, 3.8) is 0 Å². The van der Waals surface area contributed by atoms with Crippen LogP contribution in [-0.2, 0) is 6.54 Å². The second-order valence-electron chi connectivity index (χ2n) is 5.25. The minimum absolute atomic E-state index is 0.632. The molecule has 1 aromatic heterocycles. The van der Waals surface area contributed by atoms with E-state index in [4.69, 9.17) is 5.26 Å². The van der Waals surface area contributed by atoms with E-state index in [2.05, 4.69) is 38.4 Å². The van der Waals surface area contributed by atoms with Gasteiger partial charge in [-0.15, -0.1) is 5.10 Å². The van der Waals surface area contributed by atoms with Gasteiger partial charge in [-0.2, -0.15) is 9.94 Å². The van der Waals surface area contributed by atoms with E-state index in [1.54, 1.807) is 16.8 Å². The summed E-state index contributed by atoms with van der Waals surface area (Å²) in [6.45, 7) is 4.92. The van der Waals surface area contributed by atoms with E-state index in [1.807, 2.05) is 12.1 Å². The highest BCUT2D eigenvalue weighted by Crippen LogP contribution is 2.12.